The van der Waals surface area contributed by atoms with Crippen LogP contribution in [0.4, 0.5) is 11.4 Å². The first-order valence-electron chi connectivity index (χ1n) is 5.81. The first-order chi connectivity index (χ1) is 8.61. The molecule has 1 aliphatic rings. The van der Waals surface area contributed by atoms with Crippen molar-refractivity contribution in [3.63, 3.8) is 0 Å². The molecule has 6 heteroatoms. The van der Waals surface area contributed by atoms with E-state index in [1.165, 1.54) is 25.0 Å². The van der Waals surface area contributed by atoms with E-state index < -0.39 is 4.92 Å². The lowest BCUT2D eigenvalue weighted by Gasteiger charge is -2.19. The Morgan fingerprint density at radius 2 is 2.33 bits per heavy atom. The molecule has 1 atom stereocenters. The van der Waals surface area contributed by atoms with Crippen molar-refractivity contribution in [2.75, 3.05) is 19.0 Å². The Kier molecular flexibility index (Phi) is 4.19. The minimum absolute atomic E-state index is 0.0853. The van der Waals surface area contributed by atoms with E-state index in [0.717, 1.165) is 5.69 Å². The highest BCUT2D eigenvalue weighted by Gasteiger charge is 2.31. The highest BCUT2D eigenvalue weighted by Crippen LogP contribution is 2.36. The molecule has 0 aromatic heterocycles. The second-order valence-electron chi connectivity index (χ2n) is 4.46. The minimum Gasteiger partial charge on any atom is -0.383 e. The van der Waals surface area contributed by atoms with Crippen LogP contribution in [-0.2, 0) is 4.74 Å². The molecule has 1 aliphatic carbocycles. The number of ether oxygens (including phenoxy) is 1. The molecule has 0 amide bonds. The molecular formula is C12H15BrN2O3. The van der Waals surface area contributed by atoms with Crippen molar-refractivity contribution in [1.82, 2.24) is 0 Å². The fraction of sp³-hybridized carbons (Fsp3) is 0.500. The molecule has 1 fully saturated rings. The van der Waals surface area contributed by atoms with Crippen LogP contribution in [0.5, 0.6) is 0 Å². The van der Waals surface area contributed by atoms with Gasteiger partial charge in [0.05, 0.1) is 17.6 Å². The molecule has 1 N–H and O–H groups in total. The Morgan fingerprint density at radius 3 is 2.83 bits per heavy atom. The molecule has 0 radical (unpaired) electrons. The van der Waals surface area contributed by atoms with E-state index >= 15 is 0 Å². The van der Waals surface area contributed by atoms with Crippen LogP contribution in [0.25, 0.3) is 0 Å². The van der Waals surface area contributed by atoms with E-state index in [1.807, 2.05) is 0 Å². The Morgan fingerprint density at radius 1 is 1.61 bits per heavy atom. The number of nitrogens with zero attached hydrogens (tertiary/aromatic N) is 1. The molecule has 1 saturated carbocycles. The summed E-state index contributed by atoms with van der Waals surface area (Å²) in [6.07, 6.45) is 2.43. The third-order valence-electron chi connectivity index (χ3n) is 3.04. The number of halogens is 1. The maximum atomic E-state index is 10.7. The smallest absolute Gasteiger partial charge is 0.270 e. The quantitative estimate of drug-likeness (QED) is 0.647. The molecule has 98 valence electrons. The Hall–Kier alpha value is -1.14. The number of anilines is 1. The summed E-state index contributed by atoms with van der Waals surface area (Å²) in [4.78, 5) is 10.3. The van der Waals surface area contributed by atoms with Gasteiger partial charge in [0.15, 0.2) is 0 Å². The van der Waals surface area contributed by atoms with Crippen molar-refractivity contribution in [2.45, 2.75) is 18.9 Å². The number of nitro groups is 1. The summed E-state index contributed by atoms with van der Waals surface area (Å²) in [7, 11) is 1.68. The van der Waals surface area contributed by atoms with Crippen molar-refractivity contribution in [1.29, 1.82) is 0 Å². The van der Waals surface area contributed by atoms with Gasteiger partial charge in [-0.25, -0.2) is 0 Å². The van der Waals surface area contributed by atoms with Gasteiger partial charge >= 0.3 is 0 Å². The van der Waals surface area contributed by atoms with E-state index in [1.54, 1.807) is 13.2 Å². The van der Waals surface area contributed by atoms with Gasteiger partial charge in [0.2, 0.25) is 0 Å². The highest BCUT2D eigenvalue weighted by molar-refractivity contribution is 9.10. The zero-order valence-electron chi connectivity index (χ0n) is 10.1. The predicted molar refractivity (Wildman–Crippen MR) is 72.8 cm³/mol. The number of hydrogen-bond acceptors (Lipinski definition) is 4. The van der Waals surface area contributed by atoms with Crippen LogP contribution in [0, 0.1) is 16.0 Å². The van der Waals surface area contributed by atoms with Gasteiger partial charge in [0.1, 0.15) is 0 Å². The lowest BCUT2D eigenvalue weighted by atomic mass is 10.2. The number of rotatable bonds is 6. The summed E-state index contributed by atoms with van der Waals surface area (Å²) in [5, 5.41) is 14.0. The van der Waals surface area contributed by atoms with Gasteiger partial charge < -0.3 is 10.1 Å². The monoisotopic (exact) mass is 314 g/mol. The molecule has 0 saturated heterocycles. The second-order valence-corrected chi connectivity index (χ2v) is 5.32. The molecule has 0 heterocycles. The summed E-state index contributed by atoms with van der Waals surface area (Å²) in [6, 6.07) is 5.02. The van der Waals surface area contributed by atoms with Gasteiger partial charge in [-0.3, -0.25) is 10.1 Å². The van der Waals surface area contributed by atoms with E-state index in [0.29, 0.717) is 17.0 Å². The topological polar surface area (TPSA) is 64.4 Å². The first kappa shape index (κ1) is 13.3. The molecule has 1 aromatic rings. The predicted octanol–water partition coefficient (Wildman–Crippen LogP) is 3.19. The van der Waals surface area contributed by atoms with Gasteiger partial charge in [-0.2, -0.15) is 0 Å². The zero-order chi connectivity index (χ0) is 13.1. The van der Waals surface area contributed by atoms with Crippen LogP contribution in [0.2, 0.25) is 0 Å². The molecule has 0 bridgehead atoms. The zero-order valence-corrected chi connectivity index (χ0v) is 11.6. The van der Waals surface area contributed by atoms with Crippen molar-refractivity contribution in [2.24, 2.45) is 5.92 Å². The van der Waals surface area contributed by atoms with Crippen molar-refractivity contribution < 1.29 is 9.66 Å². The number of non-ortho nitro benzene ring substituents is 1. The van der Waals surface area contributed by atoms with E-state index in [9.17, 15) is 10.1 Å². The van der Waals surface area contributed by atoms with Crippen LogP contribution < -0.4 is 5.32 Å². The molecule has 0 aliphatic heterocycles. The number of nitro benzene ring substituents is 1. The summed E-state index contributed by atoms with van der Waals surface area (Å²) in [5.74, 6) is 0.645. The molecule has 18 heavy (non-hydrogen) atoms. The molecular weight excluding hydrogens is 300 g/mol. The summed E-state index contributed by atoms with van der Waals surface area (Å²) in [5.41, 5.74) is 0.955. The fourth-order valence-corrected chi connectivity index (χ4v) is 2.39. The SMILES string of the molecule is COCC(Nc1ccc([N+](=O)[O-])cc1Br)C1CC1. The molecule has 0 spiro atoms. The maximum absolute atomic E-state index is 10.7. The number of nitrogens with one attached hydrogen (secondary N) is 1. The van der Waals surface area contributed by atoms with Crippen molar-refractivity contribution >= 4 is 27.3 Å². The standard InChI is InChI=1S/C12H15BrN2O3/c1-18-7-12(8-2-3-8)14-11-5-4-9(15(16)17)6-10(11)13/h4-6,8,12,14H,2-3,7H2,1H3. The van der Waals surface area contributed by atoms with Crippen molar-refractivity contribution in [3.05, 3.63) is 32.8 Å². The molecule has 2 rings (SSSR count). The van der Waals surface area contributed by atoms with Gasteiger partial charge in [-0.15, -0.1) is 0 Å². The van der Waals surface area contributed by atoms with Crippen LogP contribution in [-0.4, -0.2) is 24.7 Å². The summed E-state index contributed by atoms with van der Waals surface area (Å²) >= 11 is 3.36. The molecule has 1 unspecified atom stereocenters. The second kappa shape index (κ2) is 5.67. The van der Waals surface area contributed by atoms with Gasteiger partial charge in [-0.1, -0.05) is 0 Å². The fourth-order valence-electron chi connectivity index (χ4n) is 1.91. The minimum atomic E-state index is -0.401. The van der Waals surface area contributed by atoms with Crippen LogP contribution in [0.15, 0.2) is 22.7 Å². The Balaban J connectivity index is 2.10. The number of hydrogen-bond donors (Lipinski definition) is 1. The van der Waals surface area contributed by atoms with Crippen LogP contribution >= 0.6 is 15.9 Å². The Bertz CT molecular complexity index is 449. The highest BCUT2D eigenvalue weighted by atomic mass is 79.9. The lowest BCUT2D eigenvalue weighted by molar-refractivity contribution is -0.384. The average molecular weight is 315 g/mol. The average Bonchev–Trinajstić information content (AvgIpc) is 3.14. The van der Waals surface area contributed by atoms with Crippen LogP contribution in [0.3, 0.4) is 0 Å². The van der Waals surface area contributed by atoms with Gasteiger partial charge in [0, 0.05) is 29.4 Å². The third kappa shape index (κ3) is 3.20. The third-order valence-corrected chi connectivity index (χ3v) is 3.70. The van der Waals surface area contributed by atoms with Gasteiger partial charge in [-0.05, 0) is 40.8 Å². The molecule has 1 aromatic carbocycles. The Labute approximate surface area is 114 Å². The number of benzene rings is 1. The van der Waals surface area contributed by atoms with E-state index in [-0.39, 0.29) is 11.7 Å². The first-order valence-corrected chi connectivity index (χ1v) is 6.60. The normalized spacial score (nSPS) is 16.3. The van der Waals surface area contributed by atoms with E-state index in [4.69, 9.17) is 4.74 Å². The largest absolute Gasteiger partial charge is 0.383 e. The van der Waals surface area contributed by atoms with Crippen LogP contribution in [0.1, 0.15) is 12.8 Å². The lowest BCUT2D eigenvalue weighted by Crippen LogP contribution is -2.27. The van der Waals surface area contributed by atoms with Gasteiger partial charge in [0.25, 0.3) is 5.69 Å². The van der Waals surface area contributed by atoms with E-state index in [2.05, 4.69) is 21.2 Å². The number of methoxy groups -OCH3 is 1. The summed E-state index contributed by atoms with van der Waals surface area (Å²) in [6.45, 7) is 0.647. The summed E-state index contributed by atoms with van der Waals surface area (Å²) < 4.78 is 5.90. The van der Waals surface area contributed by atoms with Crippen molar-refractivity contribution in [3.8, 4) is 0 Å². The molecule has 5 nitrogen and oxygen atoms in total. The maximum Gasteiger partial charge on any atom is 0.270 e.